The molecule has 1 aromatic heterocycles. The lowest BCUT2D eigenvalue weighted by atomic mass is 10.2. The van der Waals surface area contributed by atoms with E-state index in [1.807, 2.05) is 6.92 Å². The predicted octanol–water partition coefficient (Wildman–Crippen LogP) is 1.62. The zero-order valence-electron chi connectivity index (χ0n) is 10.6. The molecule has 0 saturated heterocycles. The van der Waals surface area contributed by atoms with E-state index in [1.165, 1.54) is 6.20 Å². The van der Waals surface area contributed by atoms with Gasteiger partial charge in [-0.3, -0.25) is 4.79 Å². The summed E-state index contributed by atoms with van der Waals surface area (Å²) in [7, 11) is 1.73. The van der Waals surface area contributed by atoms with E-state index < -0.39 is 0 Å². The second-order valence-corrected chi connectivity index (χ2v) is 4.17. The van der Waals surface area contributed by atoms with Gasteiger partial charge in [0.05, 0.1) is 10.6 Å². The number of halogens is 1. The van der Waals surface area contributed by atoms with Crippen molar-refractivity contribution in [3.8, 4) is 0 Å². The van der Waals surface area contributed by atoms with Crippen LogP contribution < -0.4 is 5.32 Å². The normalized spacial score (nSPS) is 10.2. The second kappa shape index (κ2) is 7.18. The van der Waals surface area contributed by atoms with Gasteiger partial charge in [0.2, 0.25) is 0 Å². The first-order valence-corrected chi connectivity index (χ1v) is 6.25. The molecule has 0 aliphatic rings. The molecule has 1 rings (SSSR count). The zero-order chi connectivity index (χ0) is 13.5. The molecule has 0 fully saturated rings. The van der Waals surface area contributed by atoms with Gasteiger partial charge in [0.25, 0.3) is 5.91 Å². The van der Waals surface area contributed by atoms with Crippen molar-refractivity contribution in [3.05, 3.63) is 22.8 Å². The molecule has 0 aliphatic heterocycles. The van der Waals surface area contributed by atoms with Crippen LogP contribution in [0.5, 0.6) is 0 Å². The topological polar surface area (TPSA) is 65.5 Å². The zero-order valence-corrected chi connectivity index (χ0v) is 11.4. The maximum atomic E-state index is 12.3. The summed E-state index contributed by atoms with van der Waals surface area (Å²) in [5, 5.41) is 12.0. The Balaban J connectivity index is 2.93. The number of rotatable bonds is 6. The lowest BCUT2D eigenvalue weighted by Crippen LogP contribution is -2.32. The molecule has 0 radical (unpaired) electrons. The summed E-state index contributed by atoms with van der Waals surface area (Å²) < 4.78 is 0. The molecule has 18 heavy (non-hydrogen) atoms. The van der Waals surface area contributed by atoms with Crippen molar-refractivity contribution >= 4 is 23.3 Å². The van der Waals surface area contributed by atoms with Crippen LogP contribution in [-0.2, 0) is 0 Å². The third-order valence-corrected chi connectivity index (χ3v) is 2.90. The average molecular weight is 272 g/mol. The molecular weight excluding hydrogens is 254 g/mol. The molecule has 0 saturated carbocycles. The van der Waals surface area contributed by atoms with Crippen LogP contribution in [0, 0.1) is 0 Å². The summed E-state index contributed by atoms with van der Waals surface area (Å²) in [6, 6.07) is 1.63. The smallest absolute Gasteiger partial charge is 0.255 e. The Labute approximate surface area is 112 Å². The highest BCUT2D eigenvalue weighted by atomic mass is 35.5. The molecule has 0 unspecified atom stereocenters. The first kappa shape index (κ1) is 14.7. The van der Waals surface area contributed by atoms with Crippen molar-refractivity contribution in [2.75, 3.05) is 32.1 Å². The van der Waals surface area contributed by atoms with E-state index in [1.54, 1.807) is 18.0 Å². The highest BCUT2D eigenvalue weighted by molar-refractivity contribution is 6.33. The summed E-state index contributed by atoms with van der Waals surface area (Å²) in [4.78, 5) is 18.0. The number of nitrogens with zero attached hydrogens (tertiary/aromatic N) is 2. The molecule has 1 aromatic rings. The summed E-state index contributed by atoms with van der Waals surface area (Å²) in [5.41, 5.74) is 0.427. The maximum Gasteiger partial charge on any atom is 0.255 e. The van der Waals surface area contributed by atoms with E-state index >= 15 is 0 Å². The monoisotopic (exact) mass is 271 g/mol. The van der Waals surface area contributed by atoms with Crippen LogP contribution in [0.25, 0.3) is 0 Å². The summed E-state index contributed by atoms with van der Waals surface area (Å²) >= 11 is 6.00. The molecule has 0 aliphatic carbocycles. The number of hydrogen-bond acceptors (Lipinski definition) is 4. The minimum atomic E-state index is -0.144. The number of amides is 1. The van der Waals surface area contributed by atoms with E-state index in [0.29, 0.717) is 35.9 Å². The molecule has 1 amide bonds. The van der Waals surface area contributed by atoms with Gasteiger partial charge in [0.1, 0.15) is 5.82 Å². The lowest BCUT2D eigenvalue weighted by Gasteiger charge is -2.21. The predicted molar refractivity (Wildman–Crippen MR) is 72.1 cm³/mol. The number of pyridine rings is 1. The molecule has 0 atom stereocenters. The Bertz CT molecular complexity index is 412. The van der Waals surface area contributed by atoms with Crippen LogP contribution in [0.1, 0.15) is 23.7 Å². The Kier molecular flexibility index (Phi) is 5.88. The van der Waals surface area contributed by atoms with Gasteiger partial charge >= 0.3 is 0 Å². The Morgan fingerprint density at radius 1 is 1.61 bits per heavy atom. The van der Waals surface area contributed by atoms with E-state index in [4.69, 9.17) is 16.7 Å². The van der Waals surface area contributed by atoms with Crippen molar-refractivity contribution in [2.24, 2.45) is 0 Å². The Hall–Kier alpha value is -1.33. The van der Waals surface area contributed by atoms with Gasteiger partial charge in [-0.15, -0.1) is 0 Å². The van der Waals surface area contributed by atoms with Gasteiger partial charge in [0, 0.05) is 32.9 Å². The molecule has 5 nitrogen and oxygen atoms in total. The molecule has 0 spiro atoms. The number of carbonyl (C=O) groups is 1. The molecule has 6 heteroatoms. The van der Waals surface area contributed by atoms with Crippen LogP contribution in [0.2, 0.25) is 5.02 Å². The highest BCUT2D eigenvalue weighted by Crippen LogP contribution is 2.19. The molecule has 0 bridgehead atoms. The van der Waals surface area contributed by atoms with Crippen LogP contribution in [0.15, 0.2) is 12.3 Å². The molecule has 100 valence electrons. The van der Waals surface area contributed by atoms with Crippen molar-refractivity contribution in [2.45, 2.75) is 13.3 Å². The molecular formula is C12H18ClN3O2. The first-order valence-electron chi connectivity index (χ1n) is 5.87. The summed E-state index contributed by atoms with van der Waals surface area (Å²) in [6.07, 6.45) is 2.02. The standard InChI is InChI=1S/C12H18ClN3O2/c1-3-16(5-4-6-17)12(18)9-7-11(14-2)15-8-10(9)13/h7-8,17H,3-6H2,1-2H3,(H,14,15). The lowest BCUT2D eigenvalue weighted by molar-refractivity contribution is 0.0754. The Morgan fingerprint density at radius 2 is 2.33 bits per heavy atom. The second-order valence-electron chi connectivity index (χ2n) is 3.76. The highest BCUT2D eigenvalue weighted by Gasteiger charge is 2.17. The number of hydrogen-bond donors (Lipinski definition) is 2. The number of anilines is 1. The van der Waals surface area contributed by atoms with E-state index in [0.717, 1.165) is 0 Å². The third kappa shape index (κ3) is 3.58. The van der Waals surface area contributed by atoms with Gasteiger partial charge in [-0.05, 0) is 19.4 Å². The van der Waals surface area contributed by atoms with Gasteiger partial charge in [-0.2, -0.15) is 0 Å². The van der Waals surface area contributed by atoms with Crippen molar-refractivity contribution in [3.63, 3.8) is 0 Å². The van der Waals surface area contributed by atoms with Gasteiger partial charge < -0.3 is 15.3 Å². The van der Waals surface area contributed by atoms with Crippen LogP contribution in [-0.4, -0.2) is 47.6 Å². The minimum Gasteiger partial charge on any atom is -0.396 e. The van der Waals surface area contributed by atoms with Gasteiger partial charge in [-0.25, -0.2) is 4.98 Å². The van der Waals surface area contributed by atoms with Crippen LogP contribution in [0.3, 0.4) is 0 Å². The van der Waals surface area contributed by atoms with Gasteiger partial charge in [-0.1, -0.05) is 11.6 Å². The van der Waals surface area contributed by atoms with Gasteiger partial charge in [0.15, 0.2) is 0 Å². The molecule has 1 heterocycles. The number of aromatic nitrogens is 1. The SMILES string of the molecule is CCN(CCCO)C(=O)c1cc(NC)ncc1Cl. The van der Waals surface area contributed by atoms with Crippen molar-refractivity contribution < 1.29 is 9.90 Å². The fourth-order valence-corrected chi connectivity index (χ4v) is 1.76. The molecule has 2 N–H and O–H groups in total. The van der Waals surface area contributed by atoms with E-state index in [9.17, 15) is 4.79 Å². The quantitative estimate of drug-likeness (QED) is 0.825. The number of aliphatic hydroxyl groups excluding tert-OH is 1. The largest absolute Gasteiger partial charge is 0.396 e. The average Bonchev–Trinajstić information content (AvgIpc) is 2.40. The fourth-order valence-electron chi connectivity index (χ4n) is 1.57. The number of carbonyl (C=O) groups excluding carboxylic acids is 1. The van der Waals surface area contributed by atoms with E-state index in [2.05, 4.69) is 10.3 Å². The van der Waals surface area contributed by atoms with Crippen LogP contribution in [0.4, 0.5) is 5.82 Å². The number of nitrogens with one attached hydrogen (secondary N) is 1. The maximum absolute atomic E-state index is 12.3. The summed E-state index contributed by atoms with van der Waals surface area (Å²) in [5.74, 6) is 0.454. The minimum absolute atomic E-state index is 0.0651. The third-order valence-electron chi connectivity index (χ3n) is 2.60. The van der Waals surface area contributed by atoms with Crippen molar-refractivity contribution in [1.29, 1.82) is 0 Å². The Morgan fingerprint density at radius 3 is 2.89 bits per heavy atom. The summed E-state index contributed by atoms with van der Waals surface area (Å²) in [6.45, 7) is 3.05. The van der Waals surface area contributed by atoms with Crippen LogP contribution >= 0.6 is 11.6 Å². The van der Waals surface area contributed by atoms with Crippen molar-refractivity contribution in [1.82, 2.24) is 9.88 Å². The number of aliphatic hydroxyl groups is 1. The first-order chi connectivity index (χ1) is 8.63. The van der Waals surface area contributed by atoms with E-state index in [-0.39, 0.29) is 12.5 Å². The fraction of sp³-hybridized carbons (Fsp3) is 0.500. The molecule has 0 aromatic carbocycles.